The maximum Gasteiger partial charge on any atom is 0.356 e. The van der Waals surface area contributed by atoms with Crippen LogP contribution >= 0.6 is 0 Å². The van der Waals surface area contributed by atoms with Crippen molar-refractivity contribution in [1.29, 1.82) is 0 Å². The van der Waals surface area contributed by atoms with E-state index in [1.807, 2.05) is 6.92 Å². The van der Waals surface area contributed by atoms with Crippen LogP contribution in [0.2, 0.25) is 0 Å². The van der Waals surface area contributed by atoms with Gasteiger partial charge in [-0.2, -0.15) is 5.10 Å². The molecule has 2 aromatic rings. The van der Waals surface area contributed by atoms with Gasteiger partial charge in [0.2, 0.25) is 0 Å². The van der Waals surface area contributed by atoms with Gasteiger partial charge in [0.05, 0.1) is 6.33 Å². The Labute approximate surface area is 108 Å². The van der Waals surface area contributed by atoms with E-state index in [1.54, 1.807) is 10.6 Å². The van der Waals surface area contributed by atoms with Crippen molar-refractivity contribution in [3.63, 3.8) is 0 Å². The predicted octanol–water partition coefficient (Wildman–Crippen LogP) is 0.0428. The molecule has 100 valence electrons. The van der Waals surface area contributed by atoms with Crippen LogP contribution in [0.25, 0.3) is 0 Å². The number of carbonyl (C=O) groups excluding carboxylic acids is 1. The first kappa shape index (κ1) is 12.8. The van der Waals surface area contributed by atoms with Crippen molar-refractivity contribution in [2.45, 2.75) is 13.5 Å². The molecule has 0 saturated carbocycles. The number of hydrogen-bond donors (Lipinski definition) is 3. The molecular weight excluding hydrogens is 250 g/mol. The van der Waals surface area contributed by atoms with Crippen LogP contribution in [-0.2, 0) is 6.54 Å². The molecule has 2 heterocycles. The summed E-state index contributed by atoms with van der Waals surface area (Å²) in [5, 5.41) is 17.9. The molecule has 0 aliphatic rings. The van der Waals surface area contributed by atoms with Gasteiger partial charge in [-0.15, -0.1) is 0 Å². The summed E-state index contributed by atoms with van der Waals surface area (Å²) in [5.41, 5.74) is 1.12. The van der Waals surface area contributed by atoms with Crippen LogP contribution in [0.3, 0.4) is 0 Å². The summed E-state index contributed by atoms with van der Waals surface area (Å²) < 4.78 is 1.60. The molecule has 1 amide bonds. The summed E-state index contributed by atoms with van der Waals surface area (Å²) in [6.07, 6.45) is 2.82. The average molecular weight is 263 g/mol. The molecule has 0 aromatic carbocycles. The molecule has 0 saturated heterocycles. The number of carboxylic acids is 1. The number of nitrogens with zero attached hydrogens (tertiary/aromatic N) is 3. The molecule has 0 fully saturated rings. The number of aromatic nitrogens is 4. The van der Waals surface area contributed by atoms with Gasteiger partial charge in [0, 0.05) is 25.0 Å². The molecule has 8 heteroatoms. The normalized spacial score (nSPS) is 10.4. The number of nitrogens with one attached hydrogen (secondary N) is 2. The van der Waals surface area contributed by atoms with Gasteiger partial charge in [-0.3, -0.25) is 9.89 Å². The van der Waals surface area contributed by atoms with Gasteiger partial charge in [0.15, 0.2) is 5.69 Å². The van der Waals surface area contributed by atoms with Gasteiger partial charge >= 0.3 is 5.97 Å². The topological polar surface area (TPSA) is 113 Å². The molecule has 0 unspecified atom stereocenters. The minimum atomic E-state index is -1.07. The Morgan fingerprint density at radius 1 is 1.47 bits per heavy atom. The maximum atomic E-state index is 11.6. The zero-order valence-corrected chi connectivity index (χ0v) is 10.3. The third-order valence-corrected chi connectivity index (χ3v) is 2.45. The van der Waals surface area contributed by atoms with Crippen molar-refractivity contribution in [1.82, 2.24) is 25.1 Å². The van der Waals surface area contributed by atoms with Crippen LogP contribution in [0.15, 0.2) is 18.6 Å². The molecule has 3 N–H and O–H groups in total. The molecule has 8 nitrogen and oxygen atoms in total. The largest absolute Gasteiger partial charge is 0.476 e. The second-order valence-electron chi connectivity index (χ2n) is 3.99. The van der Waals surface area contributed by atoms with Crippen LogP contribution in [0.5, 0.6) is 0 Å². The van der Waals surface area contributed by atoms with Crippen molar-refractivity contribution in [2.24, 2.45) is 0 Å². The van der Waals surface area contributed by atoms with E-state index in [9.17, 15) is 9.59 Å². The molecule has 0 atom stereocenters. The summed E-state index contributed by atoms with van der Waals surface area (Å²) in [7, 11) is 0. The van der Waals surface area contributed by atoms with E-state index in [1.165, 1.54) is 12.5 Å². The summed E-state index contributed by atoms with van der Waals surface area (Å²) in [6.45, 7) is 2.61. The number of carboxylic acid groups (broad SMARTS) is 1. The van der Waals surface area contributed by atoms with E-state index in [0.29, 0.717) is 18.8 Å². The Hall–Kier alpha value is -2.64. The zero-order chi connectivity index (χ0) is 13.8. The second-order valence-corrected chi connectivity index (χ2v) is 3.99. The van der Waals surface area contributed by atoms with Gasteiger partial charge in [0.25, 0.3) is 5.91 Å². The molecule has 0 radical (unpaired) electrons. The van der Waals surface area contributed by atoms with Crippen molar-refractivity contribution in [3.8, 4) is 0 Å². The molecule has 0 bridgehead atoms. The van der Waals surface area contributed by atoms with E-state index in [2.05, 4.69) is 20.5 Å². The third-order valence-electron chi connectivity index (χ3n) is 2.45. The number of aryl methyl sites for hydroxylation is 1. The van der Waals surface area contributed by atoms with Gasteiger partial charge in [-0.05, 0) is 13.0 Å². The van der Waals surface area contributed by atoms with E-state index >= 15 is 0 Å². The second kappa shape index (κ2) is 5.34. The highest BCUT2D eigenvalue weighted by molar-refractivity contribution is 5.92. The van der Waals surface area contributed by atoms with Gasteiger partial charge in [-0.25, -0.2) is 9.78 Å². The van der Waals surface area contributed by atoms with Gasteiger partial charge < -0.3 is 15.0 Å². The lowest BCUT2D eigenvalue weighted by atomic mass is 10.3. The van der Waals surface area contributed by atoms with Gasteiger partial charge in [-0.1, -0.05) is 0 Å². The Bertz CT molecular complexity index is 601. The van der Waals surface area contributed by atoms with Crippen LogP contribution in [0, 0.1) is 6.92 Å². The molecule has 2 aromatic heterocycles. The number of amides is 1. The third kappa shape index (κ3) is 3.18. The highest BCUT2D eigenvalue weighted by atomic mass is 16.4. The Kier molecular flexibility index (Phi) is 3.60. The number of hydrogen-bond acceptors (Lipinski definition) is 4. The number of H-pyrrole nitrogens is 1. The van der Waals surface area contributed by atoms with Gasteiger partial charge in [0.1, 0.15) is 5.69 Å². The number of rotatable bonds is 5. The number of carbonyl (C=O) groups is 2. The fourth-order valence-corrected chi connectivity index (χ4v) is 1.52. The lowest BCUT2D eigenvalue weighted by Crippen LogP contribution is -2.27. The maximum absolute atomic E-state index is 11.6. The van der Waals surface area contributed by atoms with Crippen molar-refractivity contribution >= 4 is 11.9 Å². The highest BCUT2D eigenvalue weighted by Gasteiger charge is 2.09. The van der Waals surface area contributed by atoms with Crippen LogP contribution in [-0.4, -0.2) is 43.3 Å². The van der Waals surface area contributed by atoms with Crippen molar-refractivity contribution in [2.75, 3.05) is 6.54 Å². The van der Waals surface area contributed by atoms with E-state index < -0.39 is 5.97 Å². The van der Waals surface area contributed by atoms with Crippen LogP contribution in [0.1, 0.15) is 26.7 Å². The van der Waals surface area contributed by atoms with Crippen molar-refractivity contribution in [3.05, 3.63) is 35.7 Å². The average Bonchev–Trinajstić information content (AvgIpc) is 2.98. The van der Waals surface area contributed by atoms with Crippen molar-refractivity contribution < 1.29 is 14.7 Å². The first-order valence-corrected chi connectivity index (χ1v) is 5.61. The minimum Gasteiger partial charge on any atom is -0.476 e. The predicted molar refractivity (Wildman–Crippen MR) is 64.8 cm³/mol. The summed E-state index contributed by atoms with van der Waals surface area (Å²) in [6, 6.07) is 1.65. The number of imidazole rings is 1. The standard InChI is InChI=1S/C11H13N5O3/c1-7-4-8(15-14-7)10(17)12-2-3-16-5-9(11(18)19)13-6-16/h4-6H,2-3H2,1H3,(H,12,17)(H,14,15)(H,18,19). The fraction of sp³-hybridized carbons (Fsp3) is 0.273. The first-order valence-electron chi connectivity index (χ1n) is 5.61. The Balaban J connectivity index is 1.83. The first-order chi connectivity index (χ1) is 9.06. The molecule has 0 aliphatic carbocycles. The minimum absolute atomic E-state index is 0.0192. The SMILES string of the molecule is Cc1cc(C(=O)NCCn2cnc(C(=O)O)c2)n[nH]1. The molecular formula is C11H13N5O3. The molecule has 19 heavy (non-hydrogen) atoms. The fourth-order valence-electron chi connectivity index (χ4n) is 1.52. The monoisotopic (exact) mass is 263 g/mol. The summed E-state index contributed by atoms with van der Waals surface area (Å²) in [5.74, 6) is -1.35. The van der Waals surface area contributed by atoms with E-state index in [-0.39, 0.29) is 11.6 Å². The molecule has 2 rings (SSSR count). The number of aromatic carboxylic acids is 1. The lowest BCUT2D eigenvalue weighted by molar-refractivity contribution is 0.0690. The lowest BCUT2D eigenvalue weighted by Gasteiger charge is -2.03. The Morgan fingerprint density at radius 2 is 2.26 bits per heavy atom. The molecule has 0 aliphatic heterocycles. The number of aromatic amines is 1. The molecule has 0 spiro atoms. The highest BCUT2D eigenvalue weighted by Crippen LogP contribution is 1.98. The quantitative estimate of drug-likeness (QED) is 0.705. The summed E-state index contributed by atoms with van der Waals surface area (Å²) in [4.78, 5) is 26.0. The van der Waals surface area contributed by atoms with Crippen LogP contribution in [0.4, 0.5) is 0 Å². The smallest absolute Gasteiger partial charge is 0.356 e. The van der Waals surface area contributed by atoms with E-state index in [0.717, 1.165) is 5.69 Å². The van der Waals surface area contributed by atoms with E-state index in [4.69, 9.17) is 5.11 Å². The zero-order valence-electron chi connectivity index (χ0n) is 10.3. The van der Waals surface area contributed by atoms with Crippen LogP contribution < -0.4 is 5.32 Å². The summed E-state index contributed by atoms with van der Waals surface area (Å²) >= 11 is 0. The Morgan fingerprint density at radius 3 is 2.84 bits per heavy atom.